The number of hydrogen-bond acceptors (Lipinski definition) is 3. The number of nitrogens with zero attached hydrogens (tertiary/aromatic N) is 1. The van der Waals surface area contributed by atoms with Crippen LogP contribution in [-0.2, 0) is 15.3 Å². The van der Waals surface area contributed by atoms with Crippen LogP contribution in [0.3, 0.4) is 0 Å². The predicted octanol–water partition coefficient (Wildman–Crippen LogP) is 3.45. The Morgan fingerprint density at radius 2 is 1.75 bits per heavy atom. The Balaban J connectivity index is 1.94. The zero-order valence-corrected chi connectivity index (χ0v) is 12.4. The van der Waals surface area contributed by atoms with Gasteiger partial charge in [0.2, 0.25) is 0 Å². The summed E-state index contributed by atoms with van der Waals surface area (Å²) >= 11 is 0. The summed E-state index contributed by atoms with van der Waals surface area (Å²) in [6.07, 6.45) is 0.683. The molecule has 0 unspecified atom stereocenters. The average Bonchev–Trinajstić information content (AvgIpc) is 2.41. The van der Waals surface area contributed by atoms with Gasteiger partial charge in [-0.2, -0.15) is 0 Å². The van der Waals surface area contributed by atoms with Crippen molar-refractivity contribution in [3.05, 3.63) is 35.9 Å². The van der Waals surface area contributed by atoms with Crippen LogP contribution in [0.1, 0.15) is 39.2 Å². The van der Waals surface area contributed by atoms with E-state index in [-0.39, 0.29) is 5.97 Å². The first-order valence-corrected chi connectivity index (χ1v) is 7.03. The molecule has 20 heavy (non-hydrogen) atoms. The number of benzene rings is 1. The topological polar surface area (TPSA) is 29.5 Å². The Morgan fingerprint density at radius 3 is 2.25 bits per heavy atom. The van der Waals surface area contributed by atoms with Gasteiger partial charge < -0.3 is 4.84 Å². The summed E-state index contributed by atoms with van der Waals surface area (Å²) < 4.78 is 14.9. The maximum Gasteiger partial charge on any atom is 0.330 e. The Labute approximate surface area is 119 Å². The molecule has 0 N–H and O–H groups in total. The van der Waals surface area contributed by atoms with E-state index >= 15 is 0 Å². The molecule has 0 aromatic heterocycles. The van der Waals surface area contributed by atoms with Crippen LogP contribution < -0.4 is 0 Å². The predicted molar refractivity (Wildman–Crippen MR) is 75.6 cm³/mol. The molecule has 4 heteroatoms. The molecule has 2 rings (SSSR count). The van der Waals surface area contributed by atoms with E-state index in [1.54, 1.807) is 5.06 Å². The molecule has 0 aliphatic carbocycles. The van der Waals surface area contributed by atoms with Crippen molar-refractivity contribution in [2.24, 2.45) is 5.41 Å². The van der Waals surface area contributed by atoms with Gasteiger partial charge in [0, 0.05) is 25.9 Å². The summed E-state index contributed by atoms with van der Waals surface area (Å²) in [4.78, 5) is 17.1. The highest BCUT2D eigenvalue weighted by molar-refractivity contribution is 5.75. The van der Waals surface area contributed by atoms with Crippen molar-refractivity contribution in [3.63, 3.8) is 0 Å². The largest absolute Gasteiger partial charge is 0.367 e. The highest BCUT2D eigenvalue weighted by Crippen LogP contribution is 2.37. The van der Waals surface area contributed by atoms with E-state index in [1.165, 1.54) is 0 Å². The van der Waals surface area contributed by atoms with E-state index in [1.807, 2.05) is 51.1 Å². The molecule has 110 valence electrons. The first-order chi connectivity index (χ1) is 9.31. The third-order valence-corrected chi connectivity index (χ3v) is 3.63. The van der Waals surface area contributed by atoms with Gasteiger partial charge in [-0.05, 0) is 26.3 Å². The van der Waals surface area contributed by atoms with E-state index in [0.29, 0.717) is 31.5 Å². The molecule has 0 bridgehead atoms. The fourth-order valence-electron chi connectivity index (χ4n) is 2.21. The molecule has 1 aromatic carbocycles. The zero-order chi connectivity index (χ0) is 14.8. The number of piperidine rings is 1. The summed E-state index contributed by atoms with van der Waals surface area (Å²) in [5.74, 6) is -0.274. The normalized spacial score (nSPS) is 19.6. The number of hydrogen-bond donors (Lipinski definition) is 0. The van der Waals surface area contributed by atoms with Gasteiger partial charge in [-0.25, -0.2) is 9.18 Å². The third kappa shape index (κ3) is 3.37. The van der Waals surface area contributed by atoms with Crippen LogP contribution in [0, 0.1) is 5.41 Å². The number of alkyl halides is 1. The molecular weight excluding hydrogens is 257 g/mol. The second-order valence-corrected chi connectivity index (χ2v) is 6.39. The minimum absolute atomic E-state index is 0.274. The number of hydroxylamine groups is 2. The molecule has 0 atom stereocenters. The first-order valence-electron chi connectivity index (χ1n) is 7.03. The molecule has 1 heterocycles. The first kappa shape index (κ1) is 15.0. The highest BCUT2D eigenvalue weighted by atomic mass is 19.1. The molecule has 0 radical (unpaired) electrons. The van der Waals surface area contributed by atoms with Crippen molar-refractivity contribution in [1.29, 1.82) is 0 Å². The molecular formula is C16H22FNO2. The molecule has 1 saturated heterocycles. The van der Waals surface area contributed by atoms with Crippen molar-refractivity contribution >= 4 is 5.97 Å². The molecule has 0 amide bonds. The van der Waals surface area contributed by atoms with Crippen LogP contribution >= 0.6 is 0 Å². The third-order valence-electron chi connectivity index (χ3n) is 3.63. The summed E-state index contributed by atoms with van der Waals surface area (Å²) in [6, 6.07) is 9.21. The van der Waals surface area contributed by atoms with Crippen LogP contribution in [0.4, 0.5) is 4.39 Å². The van der Waals surface area contributed by atoms with E-state index in [2.05, 4.69) is 0 Å². The van der Waals surface area contributed by atoms with E-state index in [4.69, 9.17) is 4.84 Å². The number of rotatable bonds is 2. The molecule has 0 spiro atoms. The van der Waals surface area contributed by atoms with Gasteiger partial charge in [0.25, 0.3) is 0 Å². The second-order valence-electron chi connectivity index (χ2n) is 6.39. The fourth-order valence-corrected chi connectivity index (χ4v) is 2.21. The van der Waals surface area contributed by atoms with Gasteiger partial charge in [0.05, 0.1) is 5.41 Å². The summed E-state index contributed by atoms with van der Waals surface area (Å²) in [6.45, 7) is 6.27. The van der Waals surface area contributed by atoms with E-state index in [9.17, 15) is 9.18 Å². The molecule has 3 nitrogen and oxygen atoms in total. The molecule has 1 fully saturated rings. The lowest BCUT2D eigenvalue weighted by molar-refractivity contribution is -0.210. The van der Waals surface area contributed by atoms with Crippen LogP contribution in [0.25, 0.3) is 0 Å². The van der Waals surface area contributed by atoms with Crippen LogP contribution in [0.15, 0.2) is 30.3 Å². The lowest BCUT2D eigenvalue weighted by atomic mass is 9.87. The molecule has 1 aliphatic rings. The second kappa shape index (κ2) is 5.52. The minimum Gasteiger partial charge on any atom is -0.367 e. The molecule has 1 aliphatic heterocycles. The number of halogens is 1. The number of carbonyl (C=O) groups is 1. The van der Waals surface area contributed by atoms with E-state index < -0.39 is 11.1 Å². The summed E-state index contributed by atoms with van der Waals surface area (Å²) in [5, 5.41) is 1.58. The molecule has 1 aromatic rings. The van der Waals surface area contributed by atoms with Crippen molar-refractivity contribution in [2.75, 3.05) is 13.1 Å². The van der Waals surface area contributed by atoms with Crippen molar-refractivity contribution in [2.45, 2.75) is 39.3 Å². The molecule has 0 saturated carbocycles. The number of carbonyl (C=O) groups excluding carboxylic acids is 1. The van der Waals surface area contributed by atoms with Crippen molar-refractivity contribution < 1.29 is 14.0 Å². The van der Waals surface area contributed by atoms with Crippen LogP contribution in [0.2, 0.25) is 0 Å². The van der Waals surface area contributed by atoms with Gasteiger partial charge in [0.15, 0.2) is 0 Å². The minimum atomic E-state index is -1.31. The van der Waals surface area contributed by atoms with Gasteiger partial charge in [0.1, 0.15) is 5.67 Å². The average molecular weight is 279 g/mol. The standard InChI is InChI=1S/C16H22FNO2/c1-15(2,3)14(19)20-18-11-9-16(17,10-12-18)13-7-5-4-6-8-13/h4-8H,9-12H2,1-3H3. The quantitative estimate of drug-likeness (QED) is 0.830. The van der Waals surface area contributed by atoms with Gasteiger partial charge in [-0.3, -0.25) is 0 Å². The van der Waals surface area contributed by atoms with Crippen LogP contribution in [-0.4, -0.2) is 24.1 Å². The Hall–Kier alpha value is -1.42. The van der Waals surface area contributed by atoms with Gasteiger partial charge in [-0.15, -0.1) is 5.06 Å². The van der Waals surface area contributed by atoms with Crippen LogP contribution in [0.5, 0.6) is 0 Å². The smallest absolute Gasteiger partial charge is 0.330 e. The Kier molecular flexibility index (Phi) is 4.14. The van der Waals surface area contributed by atoms with Gasteiger partial charge >= 0.3 is 5.97 Å². The highest BCUT2D eigenvalue weighted by Gasteiger charge is 2.38. The summed E-state index contributed by atoms with van der Waals surface area (Å²) in [5.41, 5.74) is -1.14. The lowest BCUT2D eigenvalue weighted by Gasteiger charge is -2.36. The monoisotopic (exact) mass is 279 g/mol. The Bertz CT molecular complexity index is 459. The van der Waals surface area contributed by atoms with E-state index in [0.717, 1.165) is 0 Å². The maximum absolute atomic E-state index is 14.9. The van der Waals surface area contributed by atoms with Gasteiger partial charge in [-0.1, -0.05) is 30.3 Å². The fraction of sp³-hybridized carbons (Fsp3) is 0.562. The van der Waals surface area contributed by atoms with Crippen molar-refractivity contribution in [1.82, 2.24) is 5.06 Å². The lowest BCUT2D eigenvalue weighted by Crippen LogP contribution is -2.43. The Morgan fingerprint density at radius 1 is 1.20 bits per heavy atom. The zero-order valence-electron chi connectivity index (χ0n) is 12.4. The maximum atomic E-state index is 14.9. The van der Waals surface area contributed by atoms with Crippen molar-refractivity contribution in [3.8, 4) is 0 Å². The summed E-state index contributed by atoms with van der Waals surface area (Å²) in [7, 11) is 0. The SMILES string of the molecule is CC(C)(C)C(=O)ON1CCC(F)(c2ccccc2)CC1.